The highest BCUT2D eigenvalue weighted by Crippen LogP contribution is 2.38. The van der Waals surface area contributed by atoms with Gasteiger partial charge in [-0.1, -0.05) is 6.07 Å². The number of hydrogen-bond acceptors (Lipinski definition) is 5. The fraction of sp³-hybridized carbons (Fsp3) is 0.125. The molecule has 0 bridgehead atoms. The minimum Gasteiger partial charge on any atom is -0.482 e. The number of likely N-dealkylation sites (N-methyl/N-ethyl adjacent to an activating group) is 1. The smallest absolute Gasteiger partial charge is 0.264 e. The van der Waals surface area contributed by atoms with Crippen LogP contribution in [0.25, 0.3) is 16.9 Å². The van der Waals surface area contributed by atoms with Crippen molar-refractivity contribution in [2.24, 2.45) is 5.18 Å². The Morgan fingerprint density at radius 2 is 2.13 bits per heavy atom. The van der Waals surface area contributed by atoms with E-state index in [0.717, 1.165) is 0 Å². The number of imidazole rings is 1. The standard InChI is InChI=1S/C16H12N4O3/c1-19-11-8-10(5-6-12(11)23-9-14(19)21)15-16(18-22)20-7-3-2-4-13(20)17-15/h2-8H,9H2,1H3. The third kappa shape index (κ3) is 1.97. The van der Waals surface area contributed by atoms with Crippen molar-refractivity contribution < 1.29 is 9.53 Å². The van der Waals surface area contributed by atoms with E-state index in [-0.39, 0.29) is 18.3 Å². The zero-order chi connectivity index (χ0) is 16.0. The van der Waals surface area contributed by atoms with Crippen molar-refractivity contribution in [3.8, 4) is 17.0 Å². The summed E-state index contributed by atoms with van der Waals surface area (Å²) < 4.78 is 7.04. The van der Waals surface area contributed by atoms with E-state index in [1.165, 1.54) is 4.90 Å². The maximum atomic E-state index is 11.8. The fourth-order valence-corrected chi connectivity index (χ4v) is 2.68. The second-order valence-electron chi connectivity index (χ2n) is 5.23. The van der Waals surface area contributed by atoms with E-state index in [0.29, 0.717) is 28.3 Å². The number of pyridine rings is 1. The van der Waals surface area contributed by atoms with E-state index in [9.17, 15) is 9.70 Å². The first-order chi connectivity index (χ1) is 11.2. The van der Waals surface area contributed by atoms with Gasteiger partial charge >= 0.3 is 0 Å². The molecule has 0 aliphatic carbocycles. The number of ether oxygens (including phenoxy) is 1. The number of rotatable bonds is 2. The van der Waals surface area contributed by atoms with Gasteiger partial charge in [-0.05, 0) is 35.5 Å². The molecule has 1 aliphatic heterocycles. The average Bonchev–Trinajstić information content (AvgIpc) is 2.96. The van der Waals surface area contributed by atoms with Gasteiger partial charge in [0, 0.05) is 18.8 Å². The fourth-order valence-electron chi connectivity index (χ4n) is 2.68. The number of fused-ring (bicyclic) bond motifs is 2. The lowest BCUT2D eigenvalue weighted by Gasteiger charge is -2.26. The summed E-state index contributed by atoms with van der Waals surface area (Å²) in [5, 5.41) is 3.12. The summed E-state index contributed by atoms with van der Waals surface area (Å²) >= 11 is 0. The second kappa shape index (κ2) is 4.91. The summed E-state index contributed by atoms with van der Waals surface area (Å²) in [6.45, 7) is 0.0261. The highest BCUT2D eigenvalue weighted by atomic mass is 16.5. The molecule has 0 atom stereocenters. The molecule has 23 heavy (non-hydrogen) atoms. The summed E-state index contributed by atoms with van der Waals surface area (Å²) in [5.74, 6) is 0.727. The number of anilines is 1. The van der Waals surface area contributed by atoms with Gasteiger partial charge in [-0.2, -0.15) is 0 Å². The predicted octanol–water partition coefficient (Wildman–Crippen LogP) is 2.75. The van der Waals surface area contributed by atoms with Gasteiger partial charge in [-0.3, -0.25) is 9.20 Å². The van der Waals surface area contributed by atoms with Crippen LogP contribution in [0.15, 0.2) is 47.8 Å². The third-order valence-corrected chi connectivity index (χ3v) is 3.91. The Morgan fingerprint density at radius 3 is 2.96 bits per heavy atom. The van der Waals surface area contributed by atoms with Gasteiger partial charge in [-0.15, -0.1) is 4.91 Å². The molecule has 0 unspecified atom stereocenters. The number of carbonyl (C=O) groups excluding carboxylic acids is 1. The number of aromatic nitrogens is 2. The van der Waals surface area contributed by atoms with Crippen LogP contribution in [0.2, 0.25) is 0 Å². The van der Waals surface area contributed by atoms with Crippen LogP contribution >= 0.6 is 0 Å². The lowest BCUT2D eigenvalue weighted by molar-refractivity contribution is -0.120. The number of carbonyl (C=O) groups is 1. The zero-order valence-electron chi connectivity index (χ0n) is 12.3. The van der Waals surface area contributed by atoms with Gasteiger partial charge in [0.1, 0.15) is 17.1 Å². The van der Waals surface area contributed by atoms with Crippen molar-refractivity contribution in [3.05, 3.63) is 47.5 Å². The van der Waals surface area contributed by atoms with Gasteiger partial charge in [0.2, 0.25) is 5.82 Å². The van der Waals surface area contributed by atoms with E-state index < -0.39 is 0 Å². The number of nitroso groups, excluding NO2 is 1. The van der Waals surface area contributed by atoms with Crippen LogP contribution in [-0.4, -0.2) is 28.9 Å². The molecule has 7 nitrogen and oxygen atoms in total. The number of benzene rings is 1. The zero-order valence-corrected chi connectivity index (χ0v) is 12.3. The second-order valence-corrected chi connectivity index (χ2v) is 5.23. The van der Waals surface area contributed by atoms with E-state index in [4.69, 9.17) is 4.74 Å². The number of amides is 1. The van der Waals surface area contributed by atoms with Crippen LogP contribution in [0.1, 0.15) is 0 Å². The van der Waals surface area contributed by atoms with Crippen molar-refractivity contribution in [1.29, 1.82) is 0 Å². The van der Waals surface area contributed by atoms with E-state index in [2.05, 4.69) is 10.2 Å². The minimum atomic E-state index is -0.126. The Bertz CT molecular complexity index is 948. The largest absolute Gasteiger partial charge is 0.482 e. The molecule has 2 aromatic heterocycles. The van der Waals surface area contributed by atoms with Crippen LogP contribution in [0.4, 0.5) is 11.5 Å². The van der Waals surface area contributed by atoms with Crippen molar-refractivity contribution >= 4 is 23.1 Å². The Kier molecular flexibility index (Phi) is 2.87. The molecule has 1 aliphatic rings. The van der Waals surface area contributed by atoms with E-state index in [1.807, 2.05) is 6.07 Å². The summed E-state index contributed by atoms with van der Waals surface area (Å²) in [4.78, 5) is 29.1. The molecule has 114 valence electrons. The van der Waals surface area contributed by atoms with Crippen LogP contribution in [0, 0.1) is 4.91 Å². The molecule has 1 aromatic carbocycles. The molecule has 0 saturated carbocycles. The molecule has 0 N–H and O–H groups in total. The quantitative estimate of drug-likeness (QED) is 0.682. The summed E-state index contributed by atoms with van der Waals surface area (Å²) in [6.07, 6.45) is 1.74. The lowest BCUT2D eigenvalue weighted by Crippen LogP contribution is -2.35. The van der Waals surface area contributed by atoms with E-state index >= 15 is 0 Å². The minimum absolute atomic E-state index is 0.0261. The normalized spacial score (nSPS) is 13.8. The Labute approximate surface area is 131 Å². The van der Waals surface area contributed by atoms with Crippen LogP contribution < -0.4 is 9.64 Å². The van der Waals surface area contributed by atoms with Gasteiger partial charge in [-0.25, -0.2) is 4.98 Å². The first kappa shape index (κ1) is 13.4. The SMILES string of the molecule is CN1C(=O)COc2ccc(-c3nc4ccccn4c3N=O)cc21. The monoisotopic (exact) mass is 308 g/mol. The van der Waals surface area contributed by atoms with Gasteiger partial charge in [0.25, 0.3) is 5.91 Å². The topological polar surface area (TPSA) is 76.3 Å². The van der Waals surface area contributed by atoms with Crippen LogP contribution in [-0.2, 0) is 4.79 Å². The molecule has 0 fully saturated rings. The molecule has 4 rings (SSSR count). The van der Waals surface area contributed by atoms with Gasteiger partial charge in [0.15, 0.2) is 6.61 Å². The summed E-state index contributed by atoms with van der Waals surface area (Å²) in [7, 11) is 1.69. The van der Waals surface area contributed by atoms with Crippen molar-refractivity contribution in [1.82, 2.24) is 9.38 Å². The molecular formula is C16H12N4O3. The maximum Gasteiger partial charge on any atom is 0.264 e. The third-order valence-electron chi connectivity index (χ3n) is 3.91. The maximum absolute atomic E-state index is 11.8. The first-order valence-electron chi connectivity index (χ1n) is 7.03. The lowest BCUT2D eigenvalue weighted by atomic mass is 10.1. The van der Waals surface area contributed by atoms with Gasteiger partial charge < -0.3 is 9.64 Å². The molecular weight excluding hydrogens is 296 g/mol. The number of nitrogens with zero attached hydrogens (tertiary/aromatic N) is 4. The molecule has 7 heteroatoms. The van der Waals surface area contributed by atoms with Crippen LogP contribution in [0.5, 0.6) is 5.75 Å². The predicted molar refractivity (Wildman–Crippen MR) is 85.0 cm³/mol. The Balaban J connectivity index is 1.92. The molecule has 0 spiro atoms. The first-order valence-corrected chi connectivity index (χ1v) is 7.03. The highest BCUT2D eigenvalue weighted by Gasteiger charge is 2.24. The molecule has 3 aromatic rings. The molecule has 0 saturated heterocycles. The molecule has 1 amide bonds. The summed E-state index contributed by atoms with van der Waals surface area (Å²) in [6, 6.07) is 10.8. The van der Waals surface area contributed by atoms with Crippen molar-refractivity contribution in [2.75, 3.05) is 18.6 Å². The summed E-state index contributed by atoms with van der Waals surface area (Å²) in [5.41, 5.74) is 2.45. The molecule has 0 radical (unpaired) electrons. The van der Waals surface area contributed by atoms with E-state index in [1.54, 1.807) is 48.0 Å². The highest BCUT2D eigenvalue weighted by molar-refractivity contribution is 5.98. The van der Waals surface area contributed by atoms with Gasteiger partial charge in [0.05, 0.1) is 5.69 Å². The Morgan fingerprint density at radius 1 is 1.26 bits per heavy atom. The average molecular weight is 308 g/mol. The molecule has 3 heterocycles. The van der Waals surface area contributed by atoms with Crippen LogP contribution in [0.3, 0.4) is 0 Å². The van der Waals surface area contributed by atoms with Crippen molar-refractivity contribution in [3.63, 3.8) is 0 Å². The Hall–Kier alpha value is -3.22. The number of hydrogen-bond donors (Lipinski definition) is 0. The van der Waals surface area contributed by atoms with Crippen molar-refractivity contribution in [2.45, 2.75) is 0 Å².